The summed E-state index contributed by atoms with van der Waals surface area (Å²) in [6.07, 6.45) is 2.46. The van der Waals surface area contributed by atoms with Gasteiger partial charge < -0.3 is 15.7 Å². The zero-order valence-electron chi connectivity index (χ0n) is 10.3. The van der Waals surface area contributed by atoms with Crippen LogP contribution in [0.1, 0.15) is 46.5 Å². The van der Waals surface area contributed by atoms with Crippen LogP contribution in [0.3, 0.4) is 0 Å². The molecule has 0 aliphatic carbocycles. The minimum atomic E-state index is -0.846. The Hall–Kier alpha value is -1.26. The molecule has 0 fully saturated rings. The van der Waals surface area contributed by atoms with Crippen LogP contribution in [0.2, 0.25) is 0 Å². The van der Waals surface area contributed by atoms with Crippen LogP contribution in [-0.2, 0) is 4.79 Å². The number of amides is 2. The van der Waals surface area contributed by atoms with Crippen LogP contribution in [0.25, 0.3) is 0 Å². The molecule has 0 heterocycles. The Morgan fingerprint density at radius 2 is 1.94 bits per heavy atom. The molecule has 0 aromatic heterocycles. The maximum absolute atomic E-state index is 11.4. The number of carboxylic acid groups (broad SMARTS) is 1. The summed E-state index contributed by atoms with van der Waals surface area (Å²) in [6, 6.07) is -0.233. The Labute approximate surface area is 96.6 Å². The van der Waals surface area contributed by atoms with Gasteiger partial charge in [0.25, 0.3) is 0 Å². The van der Waals surface area contributed by atoms with Crippen LogP contribution in [-0.4, -0.2) is 29.2 Å². The first-order valence-electron chi connectivity index (χ1n) is 5.65. The maximum atomic E-state index is 11.4. The van der Waals surface area contributed by atoms with Gasteiger partial charge in [-0.1, -0.05) is 13.3 Å². The van der Waals surface area contributed by atoms with Crippen LogP contribution >= 0.6 is 0 Å². The molecule has 0 aromatic carbocycles. The zero-order valence-corrected chi connectivity index (χ0v) is 10.3. The van der Waals surface area contributed by atoms with Crippen molar-refractivity contribution in [3.05, 3.63) is 0 Å². The number of unbranched alkanes of at least 4 members (excludes halogenated alkanes) is 1. The fraction of sp³-hybridized carbons (Fsp3) is 0.818. The van der Waals surface area contributed by atoms with Crippen molar-refractivity contribution >= 4 is 12.0 Å². The second kappa shape index (κ2) is 7.09. The predicted octanol–water partition coefficient (Wildman–Crippen LogP) is 1.73. The van der Waals surface area contributed by atoms with E-state index in [2.05, 4.69) is 17.6 Å². The van der Waals surface area contributed by atoms with Crippen LogP contribution in [0, 0.1) is 0 Å². The lowest BCUT2D eigenvalue weighted by Gasteiger charge is -2.25. The number of rotatable bonds is 7. The van der Waals surface area contributed by atoms with Crippen LogP contribution in [0.15, 0.2) is 0 Å². The summed E-state index contributed by atoms with van der Waals surface area (Å²) in [7, 11) is 0. The quantitative estimate of drug-likeness (QED) is 0.583. The molecule has 0 atom stereocenters. The van der Waals surface area contributed by atoms with E-state index in [4.69, 9.17) is 5.11 Å². The van der Waals surface area contributed by atoms with E-state index in [1.165, 1.54) is 0 Å². The summed E-state index contributed by atoms with van der Waals surface area (Å²) in [5, 5.41) is 14.0. The lowest BCUT2D eigenvalue weighted by Crippen LogP contribution is -2.48. The van der Waals surface area contributed by atoms with Gasteiger partial charge in [-0.2, -0.15) is 0 Å². The van der Waals surface area contributed by atoms with Gasteiger partial charge in [0, 0.05) is 18.5 Å². The van der Waals surface area contributed by atoms with E-state index in [0.29, 0.717) is 13.0 Å². The average molecular weight is 230 g/mol. The molecule has 0 saturated heterocycles. The predicted molar refractivity (Wildman–Crippen MR) is 62.4 cm³/mol. The van der Waals surface area contributed by atoms with Gasteiger partial charge in [-0.3, -0.25) is 4.79 Å². The highest BCUT2D eigenvalue weighted by Gasteiger charge is 2.20. The van der Waals surface area contributed by atoms with Crippen molar-refractivity contribution in [2.75, 3.05) is 6.54 Å². The lowest BCUT2D eigenvalue weighted by atomic mass is 9.99. The van der Waals surface area contributed by atoms with E-state index in [-0.39, 0.29) is 12.5 Å². The molecule has 0 unspecified atom stereocenters. The van der Waals surface area contributed by atoms with Gasteiger partial charge in [0.05, 0.1) is 0 Å². The van der Waals surface area contributed by atoms with Crippen molar-refractivity contribution in [3.63, 3.8) is 0 Å². The molecule has 0 spiro atoms. The standard InChI is InChI=1S/C11H22N2O3/c1-4-5-8-12-10(16)13-11(2,3)7-6-9(14)15/h4-8H2,1-3H3,(H,14,15)(H2,12,13,16). The molecule has 94 valence electrons. The van der Waals surface area contributed by atoms with Crippen LogP contribution < -0.4 is 10.6 Å². The van der Waals surface area contributed by atoms with Crippen molar-refractivity contribution in [1.29, 1.82) is 0 Å². The summed E-state index contributed by atoms with van der Waals surface area (Å²) in [5.74, 6) is -0.846. The molecule has 0 aliphatic rings. The van der Waals surface area contributed by atoms with Crippen molar-refractivity contribution < 1.29 is 14.7 Å². The molecule has 5 nitrogen and oxygen atoms in total. The van der Waals surface area contributed by atoms with Gasteiger partial charge in [-0.15, -0.1) is 0 Å². The van der Waals surface area contributed by atoms with Gasteiger partial charge in [0.15, 0.2) is 0 Å². The Morgan fingerprint density at radius 3 is 2.44 bits per heavy atom. The highest BCUT2D eigenvalue weighted by Crippen LogP contribution is 2.10. The lowest BCUT2D eigenvalue weighted by molar-refractivity contribution is -0.137. The summed E-state index contributed by atoms with van der Waals surface area (Å²) in [5.41, 5.74) is -0.491. The molecular formula is C11H22N2O3. The van der Waals surface area contributed by atoms with Gasteiger partial charge in [0.2, 0.25) is 0 Å². The Kier molecular flexibility index (Phi) is 6.53. The highest BCUT2D eigenvalue weighted by atomic mass is 16.4. The smallest absolute Gasteiger partial charge is 0.315 e. The number of carboxylic acids is 1. The Bertz CT molecular complexity index is 239. The number of carbonyl (C=O) groups excluding carboxylic acids is 1. The number of carbonyl (C=O) groups is 2. The molecule has 5 heteroatoms. The molecule has 2 amide bonds. The van der Waals surface area contributed by atoms with Crippen molar-refractivity contribution in [1.82, 2.24) is 10.6 Å². The molecule has 0 saturated carbocycles. The first-order chi connectivity index (χ1) is 7.37. The second-order valence-corrected chi connectivity index (χ2v) is 4.51. The van der Waals surface area contributed by atoms with E-state index >= 15 is 0 Å². The fourth-order valence-electron chi connectivity index (χ4n) is 1.21. The molecule has 3 N–H and O–H groups in total. The summed E-state index contributed by atoms with van der Waals surface area (Å²) < 4.78 is 0. The Balaban J connectivity index is 3.85. The van der Waals surface area contributed by atoms with Gasteiger partial charge in [-0.25, -0.2) is 4.79 Å². The first-order valence-corrected chi connectivity index (χ1v) is 5.65. The molecular weight excluding hydrogens is 208 g/mol. The number of hydrogen-bond acceptors (Lipinski definition) is 2. The topological polar surface area (TPSA) is 78.4 Å². The van der Waals surface area contributed by atoms with Crippen molar-refractivity contribution in [2.24, 2.45) is 0 Å². The first kappa shape index (κ1) is 14.7. The van der Waals surface area contributed by atoms with Crippen molar-refractivity contribution in [2.45, 2.75) is 52.0 Å². The van der Waals surface area contributed by atoms with Gasteiger partial charge >= 0.3 is 12.0 Å². The van der Waals surface area contributed by atoms with E-state index < -0.39 is 11.5 Å². The van der Waals surface area contributed by atoms with Crippen LogP contribution in [0.5, 0.6) is 0 Å². The fourth-order valence-corrected chi connectivity index (χ4v) is 1.21. The number of hydrogen-bond donors (Lipinski definition) is 3. The van der Waals surface area contributed by atoms with E-state index in [1.807, 2.05) is 13.8 Å². The zero-order chi connectivity index (χ0) is 12.6. The molecule has 0 bridgehead atoms. The third-order valence-corrected chi connectivity index (χ3v) is 2.23. The Morgan fingerprint density at radius 1 is 1.31 bits per heavy atom. The minimum absolute atomic E-state index is 0.0578. The number of nitrogens with one attached hydrogen (secondary N) is 2. The SMILES string of the molecule is CCCCNC(=O)NC(C)(C)CCC(=O)O. The molecule has 0 rings (SSSR count). The van der Waals surface area contributed by atoms with E-state index in [0.717, 1.165) is 12.8 Å². The van der Waals surface area contributed by atoms with E-state index in [1.54, 1.807) is 0 Å². The van der Waals surface area contributed by atoms with Crippen LogP contribution in [0.4, 0.5) is 4.79 Å². The minimum Gasteiger partial charge on any atom is -0.481 e. The second-order valence-electron chi connectivity index (χ2n) is 4.51. The molecule has 0 aromatic rings. The normalized spacial score (nSPS) is 10.9. The third-order valence-electron chi connectivity index (χ3n) is 2.23. The largest absolute Gasteiger partial charge is 0.481 e. The number of urea groups is 1. The molecule has 0 aliphatic heterocycles. The van der Waals surface area contributed by atoms with E-state index in [9.17, 15) is 9.59 Å². The molecule has 16 heavy (non-hydrogen) atoms. The van der Waals surface area contributed by atoms with Gasteiger partial charge in [0.1, 0.15) is 0 Å². The summed E-state index contributed by atoms with van der Waals surface area (Å²) >= 11 is 0. The van der Waals surface area contributed by atoms with Crippen molar-refractivity contribution in [3.8, 4) is 0 Å². The summed E-state index contributed by atoms with van der Waals surface area (Å²) in [6.45, 7) is 6.33. The van der Waals surface area contributed by atoms with Gasteiger partial charge in [-0.05, 0) is 26.7 Å². The molecule has 0 radical (unpaired) electrons. The highest BCUT2D eigenvalue weighted by molar-refractivity contribution is 5.74. The maximum Gasteiger partial charge on any atom is 0.315 e. The number of aliphatic carboxylic acids is 1. The average Bonchev–Trinajstić information content (AvgIpc) is 2.15. The monoisotopic (exact) mass is 230 g/mol. The summed E-state index contributed by atoms with van der Waals surface area (Å²) in [4.78, 5) is 21.8. The third kappa shape index (κ3) is 8.08.